The van der Waals surface area contributed by atoms with Crippen LogP contribution >= 0.6 is 0 Å². The molecule has 0 bridgehead atoms. The van der Waals surface area contributed by atoms with Gasteiger partial charge < -0.3 is 4.74 Å². The highest BCUT2D eigenvalue weighted by Crippen LogP contribution is 2.22. The molecular formula is C25H18N2O3. The van der Waals surface area contributed by atoms with Crippen molar-refractivity contribution in [2.75, 3.05) is 0 Å². The zero-order chi connectivity index (χ0) is 20.9. The number of carbonyl (C=O) groups is 2. The van der Waals surface area contributed by atoms with E-state index in [1.54, 1.807) is 36.4 Å². The van der Waals surface area contributed by atoms with E-state index in [2.05, 4.69) is 10.2 Å². The standard InChI is InChI=1S/C25H18N2O3/c1-17-12-14-18(15-13-17)22-16-21(25(29)30-22)26-27-23(19-8-4-2-5-9-19)24(28)20-10-6-3-7-11-20/h2-16H,1H3. The molecule has 3 aromatic carbocycles. The third-order valence-electron chi connectivity index (χ3n) is 4.57. The average molecular weight is 394 g/mol. The fraction of sp³-hybridized carbons (Fsp3) is 0.0400. The Balaban J connectivity index is 1.71. The number of ether oxygens (including phenoxy) is 1. The van der Waals surface area contributed by atoms with Crippen LogP contribution in [0, 0.1) is 6.92 Å². The molecule has 0 N–H and O–H groups in total. The molecule has 0 aliphatic carbocycles. The summed E-state index contributed by atoms with van der Waals surface area (Å²) in [6.45, 7) is 1.98. The van der Waals surface area contributed by atoms with Crippen LogP contribution in [-0.2, 0) is 9.53 Å². The first kappa shape index (κ1) is 19.2. The van der Waals surface area contributed by atoms with Crippen molar-refractivity contribution in [3.8, 4) is 0 Å². The van der Waals surface area contributed by atoms with Gasteiger partial charge >= 0.3 is 5.97 Å². The van der Waals surface area contributed by atoms with Crippen LogP contribution in [0.4, 0.5) is 0 Å². The van der Waals surface area contributed by atoms with E-state index >= 15 is 0 Å². The first-order chi connectivity index (χ1) is 14.6. The Hall–Kier alpha value is -4.12. The van der Waals surface area contributed by atoms with E-state index in [9.17, 15) is 9.59 Å². The molecule has 0 fully saturated rings. The number of nitrogens with zero attached hydrogens (tertiary/aromatic N) is 2. The van der Waals surface area contributed by atoms with Gasteiger partial charge in [0.1, 0.15) is 11.5 Å². The minimum absolute atomic E-state index is 0.0415. The van der Waals surface area contributed by atoms with Crippen molar-refractivity contribution < 1.29 is 14.3 Å². The third kappa shape index (κ3) is 4.15. The van der Waals surface area contributed by atoms with Crippen LogP contribution in [0.5, 0.6) is 0 Å². The van der Waals surface area contributed by atoms with Crippen LogP contribution in [0.2, 0.25) is 0 Å². The summed E-state index contributed by atoms with van der Waals surface area (Å²) in [5, 5.41) is 8.21. The summed E-state index contributed by atoms with van der Waals surface area (Å²) in [7, 11) is 0. The van der Waals surface area contributed by atoms with E-state index < -0.39 is 5.97 Å². The summed E-state index contributed by atoms with van der Waals surface area (Å²) in [6, 6.07) is 25.5. The molecule has 0 saturated heterocycles. The van der Waals surface area contributed by atoms with Crippen LogP contribution in [0.3, 0.4) is 0 Å². The first-order valence-electron chi connectivity index (χ1n) is 9.43. The highest BCUT2D eigenvalue weighted by atomic mass is 16.5. The van der Waals surface area contributed by atoms with Gasteiger partial charge in [-0.25, -0.2) is 4.79 Å². The number of hydrogen-bond donors (Lipinski definition) is 0. The predicted octanol–water partition coefficient (Wildman–Crippen LogP) is 4.62. The molecule has 4 rings (SSSR count). The van der Waals surface area contributed by atoms with Crippen LogP contribution in [-0.4, -0.2) is 23.2 Å². The molecule has 0 unspecified atom stereocenters. The number of cyclic esters (lactones) is 1. The topological polar surface area (TPSA) is 68.1 Å². The molecule has 0 aromatic heterocycles. The van der Waals surface area contributed by atoms with E-state index in [-0.39, 0.29) is 17.2 Å². The van der Waals surface area contributed by atoms with E-state index in [4.69, 9.17) is 4.74 Å². The fourth-order valence-corrected chi connectivity index (χ4v) is 2.95. The molecular weight excluding hydrogens is 376 g/mol. The maximum atomic E-state index is 13.0. The highest BCUT2D eigenvalue weighted by Gasteiger charge is 2.24. The summed E-state index contributed by atoms with van der Waals surface area (Å²) in [4.78, 5) is 25.3. The van der Waals surface area contributed by atoms with E-state index in [0.717, 1.165) is 11.1 Å². The van der Waals surface area contributed by atoms with Crippen molar-refractivity contribution >= 4 is 28.9 Å². The molecule has 0 atom stereocenters. The quantitative estimate of drug-likeness (QED) is 0.274. The molecule has 30 heavy (non-hydrogen) atoms. The Morgan fingerprint density at radius 3 is 2.03 bits per heavy atom. The van der Waals surface area contributed by atoms with Gasteiger partial charge in [0, 0.05) is 22.8 Å². The van der Waals surface area contributed by atoms with Crippen molar-refractivity contribution in [3.05, 3.63) is 113 Å². The molecule has 1 heterocycles. The number of Topliss-reactive ketones (excluding diaryl/α,β-unsaturated/α-hetero) is 1. The van der Waals surface area contributed by atoms with E-state index in [1.807, 2.05) is 55.5 Å². The Morgan fingerprint density at radius 2 is 1.40 bits per heavy atom. The van der Waals surface area contributed by atoms with Crippen LogP contribution in [0.25, 0.3) is 5.76 Å². The van der Waals surface area contributed by atoms with Crippen molar-refractivity contribution in [1.82, 2.24) is 0 Å². The molecule has 1 aliphatic heterocycles. The molecule has 5 nitrogen and oxygen atoms in total. The highest BCUT2D eigenvalue weighted by molar-refractivity contribution is 6.52. The van der Waals surface area contributed by atoms with Gasteiger partial charge in [0.15, 0.2) is 5.71 Å². The van der Waals surface area contributed by atoms with Crippen LogP contribution < -0.4 is 0 Å². The Bertz CT molecular complexity index is 1180. The molecule has 0 spiro atoms. The van der Waals surface area contributed by atoms with Gasteiger partial charge in [-0.1, -0.05) is 90.5 Å². The average Bonchev–Trinajstić information content (AvgIpc) is 3.16. The molecule has 0 amide bonds. The number of hydrogen-bond acceptors (Lipinski definition) is 5. The second kappa shape index (κ2) is 8.49. The van der Waals surface area contributed by atoms with Crippen LogP contribution in [0.1, 0.15) is 27.0 Å². The lowest BCUT2D eigenvalue weighted by Crippen LogP contribution is -2.16. The zero-order valence-electron chi connectivity index (χ0n) is 16.3. The summed E-state index contributed by atoms with van der Waals surface area (Å²) in [6.07, 6.45) is 1.53. The maximum absolute atomic E-state index is 13.0. The zero-order valence-corrected chi connectivity index (χ0v) is 16.3. The summed E-state index contributed by atoms with van der Waals surface area (Å²) in [5.41, 5.74) is 3.18. The monoisotopic (exact) mass is 394 g/mol. The second-order valence-corrected chi connectivity index (χ2v) is 6.76. The number of rotatable bonds is 5. The molecule has 3 aromatic rings. The lowest BCUT2D eigenvalue weighted by molar-refractivity contribution is -0.128. The van der Waals surface area contributed by atoms with E-state index in [0.29, 0.717) is 16.9 Å². The van der Waals surface area contributed by atoms with Gasteiger partial charge in [0.05, 0.1) is 0 Å². The van der Waals surface area contributed by atoms with Gasteiger partial charge in [-0.2, -0.15) is 0 Å². The van der Waals surface area contributed by atoms with Crippen molar-refractivity contribution in [2.45, 2.75) is 6.92 Å². The van der Waals surface area contributed by atoms with Gasteiger partial charge in [-0.15, -0.1) is 10.2 Å². The molecule has 5 heteroatoms. The number of ketones is 1. The number of aryl methyl sites for hydroxylation is 1. The first-order valence-corrected chi connectivity index (χ1v) is 9.43. The third-order valence-corrected chi connectivity index (χ3v) is 4.57. The molecule has 0 saturated carbocycles. The minimum atomic E-state index is -0.603. The van der Waals surface area contributed by atoms with Crippen molar-refractivity contribution in [2.24, 2.45) is 10.2 Å². The van der Waals surface area contributed by atoms with Gasteiger partial charge in [-0.05, 0) is 6.92 Å². The van der Waals surface area contributed by atoms with Gasteiger partial charge in [0.2, 0.25) is 5.78 Å². The van der Waals surface area contributed by atoms with Gasteiger partial charge in [0.25, 0.3) is 0 Å². The Kier molecular flexibility index (Phi) is 5.44. The summed E-state index contributed by atoms with van der Waals surface area (Å²) >= 11 is 0. The molecule has 0 radical (unpaired) electrons. The predicted molar refractivity (Wildman–Crippen MR) is 116 cm³/mol. The van der Waals surface area contributed by atoms with Crippen molar-refractivity contribution in [3.63, 3.8) is 0 Å². The van der Waals surface area contributed by atoms with Crippen molar-refractivity contribution in [1.29, 1.82) is 0 Å². The minimum Gasteiger partial charge on any atom is -0.421 e. The summed E-state index contributed by atoms with van der Waals surface area (Å²) in [5.74, 6) is -0.473. The second-order valence-electron chi connectivity index (χ2n) is 6.76. The SMILES string of the molecule is Cc1ccc(C2=CC(=NN=C(C(=O)c3ccccc3)c3ccccc3)C(=O)O2)cc1. The smallest absolute Gasteiger partial charge is 0.364 e. The number of benzene rings is 3. The summed E-state index contributed by atoms with van der Waals surface area (Å²) < 4.78 is 5.32. The molecule has 1 aliphatic rings. The largest absolute Gasteiger partial charge is 0.421 e. The van der Waals surface area contributed by atoms with Crippen LogP contribution in [0.15, 0.2) is 101 Å². The number of carbonyl (C=O) groups excluding carboxylic acids is 2. The molecule has 146 valence electrons. The number of esters is 1. The fourth-order valence-electron chi connectivity index (χ4n) is 2.95. The lowest BCUT2D eigenvalue weighted by atomic mass is 10.0. The normalized spacial score (nSPS) is 15.1. The van der Waals surface area contributed by atoms with Gasteiger partial charge in [-0.3, -0.25) is 4.79 Å². The van der Waals surface area contributed by atoms with E-state index in [1.165, 1.54) is 6.08 Å². The maximum Gasteiger partial charge on any atom is 0.364 e. The Labute approximate surface area is 174 Å². The lowest BCUT2D eigenvalue weighted by Gasteiger charge is -2.04. The Morgan fingerprint density at radius 1 is 0.800 bits per heavy atom.